The molecule has 0 fully saturated rings. The summed E-state index contributed by atoms with van der Waals surface area (Å²) in [5, 5.41) is 5.85. The minimum atomic E-state index is -0.145. The van der Waals surface area contributed by atoms with E-state index >= 15 is 0 Å². The molecule has 2 rings (SSSR count). The summed E-state index contributed by atoms with van der Waals surface area (Å²) in [5.74, 6) is 0.598. The van der Waals surface area contributed by atoms with Gasteiger partial charge in [0, 0.05) is 5.38 Å². The standard InChI is InChI=1S/C16H20N2O2S/c1-10-5-6-15(11(2)7-10)20-8-16(19)17-12(3)14-9-21-13(4)18-14/h5-7,9,12H,8H2,1-4H3,(H,17,19). The van der Waals surface area contributed by atoms with Crippen molar-refractivity contribution in [2.75, 3.05) is 6.61 Å². The van der Waals surface area contributed by atoms with Crippen LogP contribution in [0.4, 0.5) is 0 Å². The molecule has 1 N–H and O–H groups in total. The van der Waals surface area contributed by atoms with Crippen molar-refractivity contribution < 1.29 is 9.53 Å². The highest BCUT2D eigenvalue weighted by molar-refractivity contribution is 7.09. The van der Waals surface area contributed by atoms with Crippen molar-refractivity contribution in [1.82, 2.24) is 10.3 Å². The molecule has 112 valence electrons. The normalized spacial score (nSPS) is 12.0. The lowest BCUT2D eigenvalue weighted by molar-refractivity contribution is -0.123. The molecule has 0 aliphatic heterocycles. The lowest BCUT2D eigenvalue weighted by Crippen LogP contribution is -2.31. The zero-order valence-corrected chi connectivity index (χ0v) is 13.6. The Morgan fingerprint density at radius 1 is 1.38 bits per heavy atom. The number of ether oxygens (including phenoxy) is 1. The van der Waals surface area contributed by atoms with E-state index in [0.29, 0.717) is 0 Å². The van der Waals surface area contributed by atoms with Gasteiger partial charge in [-0.05, 0) is 39.3 Å². The third kappa shape index (κ3) is 4.29. The van der Waals surface area contributed by atoms with E-state index in [1.807, 2.05) is 51.3 Å². The van der Waals surface area contributed by atoms with E-state index in [-0.39, 0.29) is 18.6 Å². The minimum absolute atomic E-state index is 0.0113. The van der Waals surface area contributed by atoms with E-state index in [2.05, 4.69) is 10.3 Å². The second-order valence-corrected chi connectivity index (χ2v) is 6.20. The fourth-order valence-corrected chi connectivity index (χ4v) is 2.75. The van der Waals surface area contributed by atoms with Crippen LogP contribution in [0.3, 0.4) is 0 Å². The van der Waals surface area contributed by atoms with Crippen molar-refractivity contribution in [3.8, 4) is 5.75 Å². The molecule has 21 heavy (non-hydrogen) atoms. The van der Waals surface area contributed by atoms with Gasteiger partial charge in [0.25, 0.3) is 5.91 Å². The fraction of sp³-hybridized carbons (Fsp3) is 0.375. The number of aryl methyl sites for hydroxylation is 3. The Morgan fingerprint density at radius 3 is 2.76 bits per heavy atom. The molecule has 0 bridgehead atoms. The lowest BCUT2D eigenvalue weighted by Gasteiger charge is -2.13. The first-order valence-corrected chi connectivity index (χ1v) is 7.75. The van der Waals surface area contributed by atoms with E-state index in [9.17, 15) is 4.79 Å². The molecule has 4 nitrogen and oxygen atoms in total. The molecular formula is C16H20N2O2S. The minimum Gasteiger partial charge on any atom is -0.484 e. The lowest BCUT2D eigenvalue weighted by atomic mass is 10.1. The van der Waals surface area contributed by atoms with Crippen LogP contribution in [0.2, 0.25) is 0 Å². The highest BCUT2D eigenvalue weighted by Crippen LogP contribution is 2.19. The molecule has 0 aliphatic carbocycles. The van der Waals surface area contributed by atoms with Crippen molar-refractivity contribution in [2.24, 2.45) is 0 Å². The molecule has 0 saturated heterocycles. The van der Waals surface area contributed by atoms with Gasteiger partial charge < -0.3 is 10.1 Å². The molecule has 0 spiro atoms. The Morgan fingerprint density at radius 2 is 2.14 bits per heavy atom. The number of carbonyl (C=O) groups excluding carboxylic acids is 1. The molecule has 1 aromatic carbocycles. The predicted molar refractivity (Wildman–Crippen MR) is 84.8 cm³/mol. The average Bonchev–Trinajstić information content (AvgIpc) is 2.84. The van der Waals surface area contributed by atoms with Crippen molar-refractivity contribution in [2.45, 2.75) is 33.7 Å². The average molecular weight is 304 g/mol. The van der Waals surface area contributed by atoms with Gasteiger partial charge in [-0.25, -0.2) is 4.98 Å². The van der Waals surface area contributed by atoms with Crippen LogP contribution in [0.1, 0.15) is 34.8 Å². The van der Waals surface area contributed by atoms with E-state index < -0.39 is 0 Å². The maximum absolute atomic E-state index is 11.9. The van der Waals surface area contributed by atoms with Crippen LogP contribution < -0.4 is 10.1 Å². The van der Waals surface area contributed by atoms with E-state index in [1.54, 1.807) is 11.3 Å². The molecular weight excluding hydrogens is 284 g/mol. The third-order valence-corrected chi connectivity index (χ3v) is 3.94. The monoisotopic (exact) mass is 304 g/mol. The van der Waals surface area contributed by atoms with E-state index in [4.69, 9.17) is 4.74 Å². The van der Waals surface area contributed by atoms with Crippen LogP contribution in [-0.2, 0) is 4.79 Å². The van der Waals surface area contributed by atoms with Crippen LogP contribution in [0.25, 0.3) is 0 Å². The molecule has 1 atom stereocenters. The van der Waals surface area contributed by atoms with Gasteiger partial charge in [0.2, 0.25) is 0 Å². The topological polar surface area (TPSA) is 51.2 Å². The summed E-state index contributed by atoms with van der Waals surface area (Å²) in [5.41, 5.74) is 3.10. The molecule has 5 heteroatoms. The molecule has 1 unspecified atom stereocenters. The van der Waals surface area contributed by atoms with Gasteiger partial charge in [0.1, 0.15) is 5.75 Å². The third-order valence-electron chi connectivity index (χ3n) is 3.15. The molecule has 0 aliphatic rings. The quantitative estimate of drug-likeness (QED) is 0.922. The van der Waals surface area contributed by atoms with Gasteiger partial charge in [-0.2, -0.15) is 0 Å². The number of hydrogen-bond donors (Lipinski definition) is 1. The largest absolute Gasteiger partial charge is 0.484 e. The smallest absolute Gasteiger partial charge is 0.258 e. The molecule has 2 aromatic rings. The number of amides is 1. The maximum Gasteiger partial charge on any atom is 0.258 e. The second kappa shape index (κ2) is 6.72. The van der Waals surface area contributed by atoms with Gasteiger partial charge in [0.05, 0.1) is 16.7 Å². The Hall–Kier alpha value is -1.88. The van der Waals surface area contributed by atoms with Crippen molar-refractivity contribution in [3.63, 3.8) is 0 Å². The number of aromatic nitrogens is 1. The SMILES string of the molecule is Cc1ccc(OCC(=O)NC(C)c2csc(C)n2)c(C)c1. The zero-order valence-electron chi connectivity index (χ0n) is 12.8. The van der Waals surface area contributed by atoms with Gasteiger partial charge >= 0.3 is 0 Å². The number of carbonyl (C=O) groups is 1. The fourth-order valence-electron chi connectivity index (χ4n) is 2.04. The highest BCUT2D eigenvalue weighted by atomic mass is 32.1. The molecule has 1 aromatic heterocycles. The molecule has 1 amide bonds. The van der Waals surface area contributed by atoms with Crippen LogP contribution in [0, 0.1) is 20.8 Å². The van der Waals surface area contributed by atoms with Crippen molar-refractivity contribution in [1.29, 1.82) is 0 Å². The number of nitrogens with one attached hydrogen (secondary N) is 1. The van der Waals surface area contributed by atoms with Crippen LogP contribution in [-0.4, -0.2) is 17.5 Å². The summed E-state index contributed by atoms with van der Waals surface area (Å²) in [7, 11) is 0. The number of rotatable bonds is 5. The summed E-state index contributed by atoms with van der Waals surface area (Å²) in [4.78, 5) is 16.3. The Labute approximate surface area is 129 Å². The van der Waals surface area contributed by atoms with E-state index in [0.717, 1.165) is 22.0 Å². The van der Waals surface area contributed by atoms with E-state index in [1.165, 1.54) is 5.56 Å². The van der Waals surface area contributed by atoms with Gasteiger partial charge in [0.15, 0.2) is 6.61 Å². The molecule has 0 radical (unpaired) electrons. The summed E-state index contributed by atoms with van der Waals surface area (Å²) in [6, 6.07) is 5.80. The first kappa shape index (κ1) is 15.5. The number of hydrogen-bond acceptors (Lipinski definition) is 4. The predicted octanol–water partition coefficient (Wildman–Crippen LogP) is 3.32. The summed E-state index contributed by atoms with van der Waals surface area (Å²) >= 11 is 1.58. The molecule has 1 heterocycles. The summed E-state index contributed by atoms with van der Waals surface area (Å²) < 4.78 is 5.57. The van der Waals surface area contributed by atoms with Crippen molar-refractivity contribution in [3.05, 3.63) is 45.4 Å². The second-order valence-electron chi connectivity index (χ2n) is 5.14. The van der Waals surface area contributed by atoms with Gasteiger partial charge in [-0.1, -0.05) is 17.7 Å². The van der Waals surface area contributed by atoms with Crippen LogP contribution in [0.5, 0.6) is 5.75 Å². The Balaban J connectivity index is 1.87. The Kier molecular flexibility index (Phi) is 4.96. The summed E-state index contributed by atoms with van der Waals surface area (Å²) in [6.07, 6.45) is 0. The zero-order chi connectivity index (χ0) is 15.4. The highest BCUT2D eigenvalue weighted by Gasteiger charge is 2.13. The van der Waals surface area contributed by atoms with Gasteiger partial charge in [-0.15, -0.1) is 11.3 Å². The Bertz CT molecular complexity index is 637. The van der Waals surface area contributed by atoms with Crippen molar-refractivity contribution >= 4 is 17.2 Å². The first-order chi connectivity index (χ1) is 9.95. The first-order valence-electron chi connectivity index (χ1n) is 6.87. The maximum atomic E-state index is 11.9. The van der Waals surface area contributed by atoms with Gasteiger partial charge in [-0.3, -0.25) is 4.79 Å². The number of nitrogens with zero attached hydrogens (tertiary/aromatic N) is 1. The number of thiazole rings is 1. The summed E-state index contributed by atoms with van der Waals surface area (Å²) in [6.45, 7) is 7.88. The van der Waals surface area contributed by atoms with Crippen LogP contribution in [0.15, 0.2) is 23.6 Å². The van der Waals surface area contributed by atoms with Crippen LogP contribution >= 0.6 is 11.3 Å². The number of benzene rings is 1. The molecule has 0 saturated carbocycles.